The van der Waals surface area contributed by atoms with Gasteiger partial charge < -0.3 is 19.9 Å². The SMILES string of the molecule is CCN(CC(=O)Nc1nc2c(s1)CN(C(=O)OC(C)(C)C)CC2)c1ccccc1. The molecular weight excluding hydrogens is 388 g/mol. The van der Waals surface area contributed by atoms with Crippen molar-refractivity contribution in [3.05, 3.63) is 40.9 Å². The zero-order valence-corrected chi connectivity index (χ0v) is 18.2. The highest BCUT2D eigenvalue weighted by atomic mass is 32.1. The lowest BCUT2D eigenvalue weighted by Crippen LogP contribution is -2.39. The number of benzene rings is 1. The number of anilines is 2. The summed E-state index contributed by atoms with van der Waals surface area (Å²) in [6.45, 7) is 9.61. The smallest absolute Gasteiger partial charge is 0.410 e. The van der Waals surface area contributed by atoms with Crippen molar-refractivity contribution < 1.29 is 14.3 Å². The van der Waals surface area contributed by atoms with Gasteiger partial charge in [0.2, 0.25) is 5.91 Å². The quantitative estimate of drug-likeness (QED) is 0.800. The Morgan fingerprint density at radius 1 is 1.28 bits per heavy atom. The molecule has 1 aliphatic rings. The number of para-hydroxylation sites is 1. The number of thiazole rings is 1. The Morgan fingerprint density at radius 2 is 2.00 bits per heavy atom. The van der Waals surface area contributed by atoms with Crippen LogP contribution in [0.2, 0.25) is 0 Å². The highest BCUT2D eigenvalue weighted by molar-refractivity contribution is 7.15. The Bertz CT molecular complexity index is 861. The van der Waals surface area contributed by atoms with Crippen LogP contribution in [0.15, 0.2) is 30.3 Å². The highest BCUT2D eigenvalue weighted by Gasteiger charge is 2.28. The third-order valence-electron chi connectivity index (χ3n) is 4.47. The van der Waals surface area contributed by atoms with Crippen molar-refractivity contribution in [3.8, 4) is 0 Å². The van der Waals surface area contributed by atoms with Crippen LogP contribution < -0.4 is 10.2 Å². The van der Waals surface area contributed by atoms with E-state index in [1.165, 1.54) is 11.3 Å². The van der Waals surface area contributed by atoms with Gasteiger partial charge in [0.05, 0.1) is 18.8 Å². The third kappa shape index (κ3) is 5.69. The first-order valence-corrected chi connectivity index (χ1v) is 10.6. The van der Waals surface area contributed by atoms with Crippen molar-refractivity contribution in [2.75, 3.05) is 29.9 Å². The summed E-state index contributed by atoms with van der Waals surface area (Å²) in [5.41, 5.74) is 1.44. The monoisotopic (exact) mass is 416 g/mol. The Kier molecular flexibility index (Phi) is 6.42. The molecule has 0 saturated carbocycles. The molecule has 0 fully saturated rings. The van der Waals surface area contributed by atoms with Crippen molar-refractivity contribution in [2.45, 2.75) is 46.3 Å². The van der Waals surface area contributed by atoms with Crippen LogP contribution in [-0.2, 0) is 22.5 Å². The Hall–Kier alpha value is -2.61. The van der Waals surface area contributed by atoms with E-state index in [1.807, 2.05) is 62.9 Å². The molecule has 2 amide bonds. The topological polar surface area (TPSA) is 74.8 Å². The zero-order chi connectivity index (χ0) is 21.0. The number of hydrogen-bond donors (Lipinski definition) is 1. The number of rotatable bonds is 5. The van der Waals surface area contributed by atoms with Crippen LogP contribution in [0.1, 0.15) is 38.3 Å². The average Bonchev–Trinajstić information content (AvgIpc) is 3.06. The van der Waals surface area contributed by atoms with Gasteiger partial charge in [-0.15, -0.1) is 0 Å². The van der Waals surface area contributed by atoms with Crippen molar-refractivity contribution in [1.82, 2.24) is 9.88 Å². The predicted octanol–water partition coefficient (Wildman–Crippen LogP) is 3.90. The van der Waals surface area contributed by atoms with E-state index in [0.29, 0.717) is 24.6 Å². The van der Waals surface area contributed by atoms with Crippen LogP contribution >= 0.6 is 11.3 Å². The molecule has 2 aromatic rings. The van der Waals surface area contributed by atoms with Crippen molar-refractivity contribution in [3.63, 3.8) is 0 Å². The van der Waals surface area contributed by atoms with Crippen molar-refractivity contribution >= 4 is 34.2 Å². The molecule has 0 radical (unpaired) electrons. The van der Waals surface area contributed by atoms with Gasteiger partial charge in [-0.25, -0.2) is 9.78 Å². The normalized spacial score (nSPS) is 13.6. The van der Waals surface area contributed by atoms with Crippen LogP contribution in [-0.4, -0.2) is 47.1 Å². The van der Waals surface area contributed by atoms with Gasteiger partial charge in [-0.2, -0.15) is 0 Å². The van der Waals surface area contributed by atoms with E-state index in [-0.39, 0.29) is 18.5 Å². The van der Waals surface area contributed by atoms with Crippen LogP contribution in [0.25, 0.3) is 0 Å². The number of likely N-dealkylation sites (N-methyl/N-ethyl adjacent to an activating group) is 1. The highest BCUT2D eigenvalue weighted by Crippen LogP contribution is 2.29. The molecule has 0 saturated heterocycles. The second kappa shape index (κ2) is 8.82. The lowest BCUT2D eigenvalue weighted by molar-refractivity contribution is -0.115. The van der Waals surface area contributed by atoms with E-state index >= 15 is 0 Å². The Morgan fingerprint density at radius 3 is 2.66 bits per heavy atom. The minimum atomic E-state index is -0.520. The molecule has 29 heavy (non-hydrogen) atoms. The van der Waals surface area contributed by atoms with Crippen LogP contribution in [0.4, 0.5) is 15.6 Å². The molecule has 156 valence electrons. The molecule has 7 nitrogen and oxygen atoms in total. The lowest BCUT2D eigenvalue weighted by Gasteiger charge is -2.29. The van der Waals surface area contributed by atoms with E-state index in [4.69, 9.17) is 4.74 Å². The molecule has 0 bridgehead atoms. The fourth-order valence-electron chi connectivity index (χ4n) is 3.09. The number of carbonyl (C=O) groups is 2. The van der Waals surface area contributed by atoms with Gasteiger partial charge in [-0.05, 0) is 39.8 Å². The number of amides is 2. The second-order valence-corrected chi connectivity index (χ2v) is 9.02. The maximum absolute atomic E-state index is 12.5. The standard InChI is InChI=1S/C21H28N4O3S/c1-5-24(15-9-7-6-8-10-15)14-18(26)23-19-22-16-11-12-25(13-17(16)29-19)20(27)28-21(2,3)4/h6-10H,5,11-14H2,1-4H3,(H,22,23,26). The summed E-state index contributed by atoms with van der Waals surface area (Å²) >= 11 is 1.42. The maximum atomic E-state index is 12.5. The van der Waals surface area contributed by atoms with Gasteiger partial charge >= 0.3 is 6.09 Å². The number of carbonyl (C=O) groups excluding carboxylic acids is 2. The molecule has 0 unspecified atom stereocenters. The van der Waals surface area contributed by atoms with Gasteiger partial charge in [0, 0.05) is 30.1 Å². The van der Waals surface area contributed by atoms with Gasteiger partial charge in [-0.1, -0.05) is 29.5 Å². The number of nitrogens with one attached hydrogen (secondary N) is 1. The lowest BCUT2D eigenvalue weighted by atomic mass is 10.2. The summed E-state index contributed by atoms with van der Waals surface area (Å²) in [5.74, 6) is -0.106. The van der Waals surface area contributed by atoms with Gasteiger partial charge in [0.25, 0.3) is 0 Å². The number of fused-ring (bicyclic) bond motifs is 1. The van der Waals surface area contributed by atoms with Gasteiger partial charge in [0.15, 0.2) is 5.13 Å². The molecule has 2 heterocycles. The minimum absolute atomic E-state index is 0.106. The van der Waals surface area contributed by atoms with E-state index in [1.54, 1.807) is 4.90 Å². The molecule has 0 spiro atoms. The zero-order valence-electron chi connectivity index (χ0n) is 17.4. The fourth-order valence-corrected chi connectivity index (χ4v) is 4.13. The fraction of sp³-hybridized carbons (Fsp3) is 0.476. The van der Waals surface area contributed by atoms with Crippen LogP contribution in [0, 0.1) is 0 Å². The van der Waals surface area contributed by atoms with E-state index in [2.05, 4.69) is 10.3 Å². The van der Waals surface area contributed by atoms with E-state index in [9.17, 15) is 9.59 Å². The Balaban J connectivity index is 1.60. The predicted molar refractivity (Wildman–Crippen MR) is 115 cm³/mol. The summed E-state index contributed by atoms with van der Waals surface area (Å²) in [6, 6.07) is 9.86. The molecule has 8 heteroatoms. The number of nitrogens with zero attached hydrogens (tertiary/aromatic N) is 3. The number of aromatic nitrogens is 1. The largest absolute Gasteiger partial charge is 0.444 e. The third-order valence-corrected chi connectivity index (χ3v) is 5.46. The summed E-state index contributed by atoms with van der Waals surface area (Å²) in [4.78, 5) is 34.1. The molecule has 3 rings (SSSR count). The molecule has 1 aliphatic heterocycles. The molecule has 0 aliphatic carbocycles. The first kappa shape index (κ1) is 21.1. The maximum Gasteiger partial charge on any atom is 0.410 e. The summed E-state index contributed by atoms with van der Waals surface area (Å²) in [7, 11) is 0. The summed E-state index contributed by atoms with van der Waals surface area (Å²) in [6.07, 6.45) is 0.343. The van der Waals surface area contributed by atoms with Crippen LogP contribution in [0.3, 0.4) is 0 Å². The summed E-state index contributed by atoms with van der Waals surface area (Å²) < 4.78 is 5.46. The molecular formula is C21H28N4O3S. The van der Waals surface area contributed by atoms with E-state index in [0.717, 1.165) is 22.8 Å². The van der Waals surface area contributed by atoms with E-state index < -0.39 is 5.60 Å². The van der Waals surface area contributed by atoms with Crippen molar-refractivity contribution in [2.24, 2.45) is 0 Å². The first-order chi connectivity index (χ1) is 13.7. The number of hydrogen-bond acceptors (Lipinski definition) is 6. The molecule has 1 N–H and O–H groups in total. The second-order valence-electron chi connectivity index (χ2n) is 7.94. The van der Waals surface area contributed by atoms with Gasteiger partial charge in [-0.3, -0.25) is 4.79 Å². The van der Waals surface area contributed by atoms with Gasteiger partial charge in [0.1, 0.15) is 5.60 Å². The molecule has 1 aromatic carbocycles. The Labute approximate surface area is 175 Å². The number of ether oxygens (including phenoxy) is 1. The molecule has 1 aromatic heterocycles. The first-order valence-electron chi connectivity index (χ1n) is 9.81. The summed E-state index contributed by atoms with van der Waals surface area (Å²) in [5, 5.41) is 3.49. The van der Waals surface area contributed by atoms with Crippen molar-refractivity contribution in [1.29, 1.82) is 0 Å². The van der Waals surface area contributed by atoms with Crippen LogP contribution in [0.5, 0.6) is 0 Å². The average molecular weight is 417 g/mol. The minimum Gasteiger partial charge on any atom is -0.444 e. The molecule has 0 atom stereocenters.